The van der Waals surface area contributed by atoms with E-state index in [9.17, 15) is 9.00 Å². The standard InChI is InChI=1S/C26H28N6O2S/c1-30-25(33)22-23(27-18-8-5-4-6-9-18)31(16-17-12-14-19(15-13-17)35(2,3)34)29-24(22)32-21-11-7-10-20(21)28-26(30)32/h4-6,8-9,12-15,20-21,27H,2,7,10-11,16H2,1,3H3/t20-,21+,35?/m1/s1. The lowest BCUT2D eigenvalue weighted by atomic mass is 10.1. The van der Waals surface area contributed by atoms with Crippen LogP contribution in [0.3, 0.4) is 0 Å². The normalized spacial score (nSPS) is 22.3. The van der Waals surface area contributed by atoms with Crippen LogP contribution >= 0.6 is 0 Å². The lowest BCUT2D eigenvalue weighted by Gasteiger charge is -2.34. The predicted molar refractivity (Wildman–Crippen MR) is 140 cm³/mol. The molecular weight excluding hydrogens is 460 g/mol. The number of nitrogens with one attached hydrogen (secondary N) is 1. The zero-order valence-electron chi connectivity index (χ0n) is 19.8. The van der Waals surface area contributed by atoms with E-state index in [4.69, 9.17) is 10.1 Å². The fourth-order valence-electron chi connectivity index (χ4n) is 5.26. The lowest BCUT2D eigenvalue weighted by Crippen LogP contribution is -2.51. The molecule has 1 saturated carbocycles. The highest BCUT2D eigenvalue weighted by atomic mass is 32.2. The molecule has 8 nitrogen and oxygen atoms in total. The van der Waals surface area contributed by atoms with Crippen LogP contribution in [-0.2, 0) is 16.1 Å². The van der Waals surface area contributed by atoms with Crippen LogP contribution in [0, 0.1) is 0 Å². The second-order valence-electron chi connectivity index (χ2n) is 9.57. The number of fused-ring (bicyclic) bond motifs is 5. The number of aromatic nitrogens is 2. The number of benzene rings is 2. The molecule has 0 spiro atoms. The number of aliphatic imine (C=N–C) groups is 1. The largest absolute Gasteiger partial charge is 0.340 e. The van der Waals surface area contributed by atoms with Crippen LogP contribution in [0.15, 0.2) is 64.5 Å². The van der Waals surface area contributed by atoms with E-state index < -0.39 is 9.52 Å². The van der Waals surface area contributed by atoms with E-state index in [1.165, 1.54) is 0 Å². The number of hydrogen-bond acceptors (Lipinski definition) is 6. The Bertz CT molecular complexity index is 1440. The Labute approximate surface area is 205 Å². The molecule has 35 heavy (non-hydrogen) atoms. The molecule has 6 rings (SSSR count). The van der Waals surface area contributed by atoms with Gasteiger partial charge in [-0.2, -0.15) is 5.10 Å². The van der Waals surface area contributed by atoms with E-state index in [1.54, 1.807) is 18.2 Å². The first-order valence-corrected chi connectivity index (χ1v) is 13.9. The number of anilines is 3. The highest BCUT2D eigenvalue weighted by molar-refractivity contribution is 7.99. The van der Waals surface area contributed by atoms with Gasteiger partial charge in [0.15, 0.2) is 5.82 Å². The Morgan fingerprint density at radius 1 is 1.11 bits per heavy atom. The van der Waals surface area contributed by atoms with Gasteiger partial charge in [0, 0.05) is 23.9 Å². The summed E-state index contributed by atoms with van der Waals surface area (Å²) < 4.78 is 14.2. The summed E-state index contributed by atoms with van der Waals surface area (Å²) in [7, 11) is -0.487. The molecular formula is C26H28N6O2S. The first-order valence-electron chi connectivity index (χ1n) is 11.8. The average molecular weight is 489 g/mol. The van der Waals surface area contributed by atoms with Gasteiger partial charge >= 0.3 is 0 Å². The maximum atomic E-state index is 13.6. The Balaban J connectivity index is 1.46. The minimum absolute atomic E-state index is 0.113. The van der Waals surface area contributed by atoms with Crippen molar-refractivity contribution in [2.24, 2.45) is 4.99 Å². The third kappa shape index (κ3) is 3.61. The van der Waals surface area contributed by atoms with Gasteiger partial charge in [-0.3, -0.25) is 18.8 Å². The molecule has 3 atom stereocenters. The fourth-order valence-corrected chi connectivity index (χ4v) is 5.97. The molecule has 1 N–H and O–H groups in total. The SMILES string of the molecule is C=S(C)(=O)c1ccc(Cn2nc3c(c2Nc2ccccc2)C(=O)N(C)C2=N[C@@H]4CCC[C@@H]4N23)cc1. The number of rotatable bonds is 5. The number of amides is 1. The van der Waals surface area contributed by atoms with Gasteiger partial charge in [-0.05, 0) is 64.5 Å². The van der Waals surface area contributed by atoms with Gasteiger partial charge in [0.1, 0.15) is 11.4 Å². The molecule has 1 aromatic heterocycles. The third-order valence-electron chi connectivity index (χ3n) is 7.04. The molecule has 0 radical (unpaired) electrons. The number of para-hydroxylation sites is 1. The van der Waals surface area contributed by atoms with Crippen molar-refractivity contribution in [2.45, 2.75) is 42.8 Å². The zero-order valence-corrected chi connectivity index (χ0v) is 20.7. The van der Waals surface area contributed by atoms with Gasteiger partial charge in [-0.1, -0.05) is 30.3 Å². The second kappa shape index (κ2) is 7.98. The van der Waals surface area contributed by atoms with E-state index >= 15 is 0 Å². The summed E-state index contributed by atoms with van der Waals surface area (Å²) in [5, 5.41) is 8.44. The summed E-state index contributed by atoms with van der Waals surface area (Å²) in [4.78, 5) is 23.0. The molecule has 0 saturated heterocycles. The zero-order chi connectivity index (χ0) is 24.3. The molecule has 1 fully saturated rings. The van der Waals surface area contributed by atoms with Crippen molar-refractivity contribution in [1.82, 2.24) is 14.7 Å². The van der Waals surface area contributed by atoms with Gasteiger partial charge in [-0.15, -0.1) is 0 Å². The number of guanidine groups is 1. The van der Waals surface area contributed by atoms with E-state index in [0.717, 1.165) is 30.5 Å². The van der Waals surface area contributed by atoms with Gasteiger partial charge in [-0.25, -0.2) is 9.67 Å². The monoisotopic (exact) mass is 488 g/mol. The molecule has 1 unspecified atom stereocenters. The lowest BCUT2D eigenvalue weighted by molar-refractivity contribution is 0.0866. The van der Waals surface area contributed by atoms with E-state index in [2.05, 4.69) is 16.1 Å². The van der Waals surface area contributed by atoms with Crippen LogP contribution in [0.4, 0.5) is 17.3 Å². The maximum absolute atomic E-state index is 13.6. The minimum Gasteiger partial charge on any atom is -0.340 e. The average Bonchev–Trinajstić information content (AvgIpc) is 3.52. The molecule has 3 heterocycles. The first-order chi connectivity index (χ1) is 16.8. The number of carbonyl (C=O) groups excluding carboxylic acids is 1. The topological polar surface area (TPSA) is 82.8 Å². The smallest absolute Gasteiger partial charge is 0.267 e. The summed E-state index contributed by atoms with van der Waals surface area (Å²) in [6.07, 6.45) is 4.84. The number of hydrogen-bond donors (Lipinski definition) is 1. The molecule has 1 amide bonds. The van der Waals surface area contributed by atoms with Crippen LogP contribution in [0.25, 0.3) is 0 Å². The van der Waals surface area contributed by atoms with Gasteiger partial charge in [0.25, 0.3) is 5.91 Å². The van der Waals surface area contributed by atoms with Crippen molar-refractivity contribution >= 4 is 44.6 Å². The third-order valence-corrected chi connectivity index (χ3v) is 8.31. The van der Waals surface area contributed by atoms with Crippen molar-refractivity contribution in [2.75, 3.05) is 23.5 Å². The predicted octanol–water partition coefficient (Wildman–Crippen LogP) is 3.56. The van der Waals surface area contributed by atoms with Crippen LogP contribution in [0.2, 0.25) is 0 Å². The molecule has 2 aromatic carbocycles. The highest BCUT2D eigenvalue weighted by Gasteiger charge is 2.49. The van der Waals surface area contributed by atoms with E-state index in [-0.39, 0.29) is 18.0 Å². The van der Waals surface area contributed by atoms with Crippen molar-refractivity contribution in [3.05, 3.63) is 65.7 Å². The van der Waals surface area contributed by atoms with Gasteiger partial charge in [0.2, 0.25) is 5.96 Å². The Kier molecular flexibility index (Phi) is 5.00. The van der Waals surface area contributed by atoms with Crippen molar-refractivity contribution < 1.29 is 9.00 Å². The van der Waals surface area contributed by atoms with Crippen molar-refractivity contribution in [3.63, 3.8) is 0 Å². The van der Waals surface area contributed by atoms with Gasteiger partial charge in [0.05, 0.1) is 18.6 Å². The summed E-state index contributed by atoms with van der Waals surface area (Å²) in [5.41, 5.74) is 2.43. The summed E-state index contributed by atoms with van der Waals surface area (Å²) in [6, 6.07) is 17.9. The van der Waals surface area contributed by atoms with Crippen molar-refractivity contribution in [1.29, 1.82) is 0 Å². The number of carbonyl (C=O) groups is 1. The second-order valence-corrected chi connectivity index (χ2v) is 12.1. The molecule has 0 bridgehead atoms. The van der Waals surface area contributed by atoms with Crippen LogP contribution in [0.1, 0.15) is 35.2 Å². The summed E-state index contributed by atoms with van der Waals surface area (Å²) >= 11 is 0. The fraction of sp³-hybridized carbons (Fsp3) is 0.308. The minimum atomic E-state index is -2.28. The van der Waals surface area contributed by atoms with E-state index in [1.807, 2.05) is 59.3 Å². The first kappa shape index (κ1) is 21.9. The van der Waals surface area contributed by atoms with Crippen LogP contribution in [-0.4, -0.2) is 62.0 Å². The summed E-state index contributed by atoms with van der Waals surface area (Å²) in [5.74, 6) is 5.69. The molecule has 3 aromatic rings. The molecule has 1 aliphatic carbocycles. The quantitative estimate of drug-likeness (QED) is 0.556. The maximum Gasteiger partial charge on any atom is 0.267 e. The molecule has 180 valence electrons. The summed E-state index contributed by atoms with van der Waals surface area (Å²) in [6.45, 7) is 0.454. The van der Waals surface area contributed by atoms with Crippen molar-refractivity contribution in [3.8, 4) is 0 Å². The van der Waals surface area contributed by atoms with E-state index in [0.29, 0.717) is 34.6 Å². The highest BCUT2D eigenvalue weighted by Crippen LogP contribution is 2.42. The van der Waals surface area contributed by atoms with Crippen LogP contribution < -0.4 is 10.2 Å². The van der Waals surface area contributed by atoms with Crippen LogP contribution in [0.5, 0.6) is 0 Å². The Morgan fingerprint density at radius 3 is 2.57 bits per heavy atom. The Hall–Kier alpha value is -3.59. The number of nitrogens with zero attached hydrogens (tertiary/aromatic N) is 5. The Morgan fingerprint density at radius 2 is 1.86 bits per heavy atom. The molecule has 3 aliphatic rings. The molecule has 9 heteroatoms. The van der Waals surface area contributed by atoms with Gasteiger partial charge < -0.3 is 5.32 Å². The molecule has 2 aliphatic heterocycles.